The zero-order valence-electron chi connectivity index (χ0n) is 19.9. The van der Waals surface area contributed by atoms with Crippen molar-refractivity contribution in [1.29, 1.82) is 0 Å². The first kappa shape index (κ1) is 24.3. The molecule has 34 heavy (non-hydrogen) atoms. The van der Waals surface area contributed by atoms with Crippen LogP contribution in [0.4, 0.5) is 11.4 Å². The number of fused-ring (bicyclic) bond motifs is 1. The molecule has 4 rings (SSSR count). The van der Waals surface area contributed by atoms with Crippen molar-refractivity contribution in [2.45, 2.75) is 25.9 Å². The van der Waals surface area contributed by atoms with Gasteiger partial charge in [0.05, 0.1) is 29.8 Å². The summed E-state index contributed by atoms with van der Waals surface area (Å²) in [6, 6.07) is 20.7. The maximum absolute atomic E-state index is 11.9. The Balaban J connectivity index is 1.39. The van der Waals surface area contributed by atoms with Crippen LogP contribution in [0.5, 0.6) is 11.5 Å². The third kappa shape index (κ3) is 5.97. The largest absolute Gasteiger partial charge is 0.755 e. The van der Waals surface area contributed by atoms with Gasteiger partial charge in [-0.3, -0.25) is 8.51 Å². The number of methoxy groups -OCH3 is 1. The Labute approximate surface area is 204 Å². The van der Waals surface area contributed by atoms with Gasteiger partial charge in [-0.25, -0.2) is 0 Å². The SMILES string of the molecule is COc1ccc(N(c2ccc(COc3ccc4c(c3)CCC(CN(C)C)C4)cc2)S(=O)[O-])cc1. The maximum Gasteiger partial charge on any atom is 0.120 e. The van der Waals surface area contributed by atoms with Crippen LogP contribution in [0.25, 0.3) is 0 Å². The van der Waals surface area contributed by atoms with Crippen LogP contribution in [0.2, 0.25) is 0 Å². The summed E-state index contributed by atoms with van der Waals surface area (Å²) in [7, 11) is 5.84. The van der Waals surface area contributed by atoms with E-state index in [9.17, 15) is 8.76 Å². The number of nitrogens with zero attached hydrogens (tertiary/aromatic N) is 2. The Morgan fingerprint density at radius 1 is 0.941 bits per heavy atom. The Kier molecular flexibility index (Phi) is 7.88. The van der Waals surface area contributed by atoms with Crippen LogP contribution in [0.1, 0.15) is 23.1 Å². The van der Waals surface area contributed by atoms with Crippen LogP contribution >= 0.6 is 0 Å². The minimum atomic E-state index is -2.45. The molecule has 0 N–H and O–H groups in total. The van der Waals surface area contributed by atoms with Crippen LogP contribution in [0, 0.1) is 5.92 Å². The number of benzene rings is 3. The van der Waals surface area contributed by atoms with E-state index < -0.39 is 11.3 Å². The van der Waals surface area contributed by atoms with Crippen molar-refractivity contribution in [3.63, 3.8) is 0 Å². The first-order valence-corrected chi connectivity index (χ1v) is 12.5. The first-order valence-electron chi connectivity index (χ1n) is 11.4. The highest BCUT2D eigenvalue weighted by molar-refractivity contribution is 7.81. The van der Waals surface area contributed by atoms with Gasteiger partial charge in [0.25, 0.3) is 0 Å². The van der Waals surface area contributed by atoms with Crippen LogP contribution in [0.15, 0.2) is 66.7 Å². The Hall–Kier alpha value is -2.87. The van der Waals surface area contributed by atoms with Crippen LogP contribution in [-0.4, -0.2) is 41.4 Å². The highest BCUT2D eigenvalue weighted by Gasteiger charge is 2.19. The van der Waals surface area contributed by atoms with Gasteiger partial charge >= 0.3 is 0 Å². The molecular weight excluding hydrogens is 448 g/mol. The van der Waals surface area contributed by atoms with E-state index in [-0.39, 0.29) is 0 Å². The van der Waals surface area contributed by atoms with E-state index in [4.69, 9.17) is 9.47 Å². The van der Waals surface area contributed by atoms with Crippen molar-refractivity contribution in [2.75, 3.05) is 32.1 Å². The summed E-state index contributed by atoms with van der Waals surface area (Å²) in [6.07, 6.45) is 3.43. The van der Waals surface area contributed by atoms with Crippen LogP contribution < -0.4 is 13.8 Å². The Bertz CT molecular complexity index is 1120. The monoisotopic (exact) mass is 479 g/mol. The van der Waals surface area contributed by atoms with Gasteiger partial charge in [0.1, 0.15) is 18.1 Å². The quantitative estimate of drug-likeness (QED) is 0.410. The summed E-state index contributed by atoms with van der Waals surface area (Å²) in [5, 5.41) is 0. The molecule has 0 spiro atoms. The maximum atomic E-state index is 11.9. The highest BCUT2D eigenvalue weighted by atomic mass is 32.2. The molecule has 0 saturated heterocycles. The molecule has 1 aliphatic rings. The first-order chi connectivity index (χ1) is 16.4. The zero-order chi connectivity index (χ0) is 24.1. The molecule has 0 saturated carbocycles. The van der Waals surface area contributed by atoms with Gasteiger partial charge in [-0.05, 0) is 104 Å². The Morgan fingerprint density at radius 3 is 2.21 bits per heavy atom. The second-order valence-electron chi connectivity index (χ2n) is 8.97. The summed E-state index contributed by atoms with van der Waals surface area (Å²) >= 11 is -2.45. The molecule has 7 heteroatoms. The topological polar surface area (TPSA) is 65.1 Å². The van der Waals surface area contributed by atoms with E-state index >= 15 is 0 Å². The van der Waals surface area contributed by atoms with E-state index in [1.54, 1.807) is 43.5 Å². The molecule has 0 aromatic heterocycles. The second kappa shape index (κ2) is 11.0. The number of hydrogen-bond acceptors (Lipinski definition) is 5. The average molecular weight is 480 g/mol. The lowest BCUT2D eigenvalue weighted by Gasteiger charge is -2.27. The lowest BCUT2D eigenvalue weighted by Crippen LogP contribution is -2.26. The van der Waals surface area contributed by atoms with Crippen molar-refractivity contribution >= 4 is 22.6 Å². The van der Waals surface area contributed by atoms with Crippen molar-refractivity contribution in [2.24, 2.45) is 5.92 Å². The number of ether oxygens (including phenoxy) is 2. The number of anilines is 2. The van der Waals surface area contributed by atoms with E-state index in [1.807, 2.05) is 12.1 Å². The third-order valence-electron chi connectivity index (χ3n) is 6.16. The fraction of sp³-hybridized carbons (Fsp3) is 0.333. The molecule has 3 aromatic rings. The van der Waals surface area contributed by atoms with E-state index in [1.165, 1.54) is 21.9 Å². The molecule has 0 fully saturated rings. The fourth-order valence-electron chi connectivity index (χ4n) is 4.50. The van der Waals surface area contributed by atoms with E-state index in [0.29, 0.717) is 29.6 Å². The Morgan fingerprint density at radius 2 is 1.59 bits per heavy atom. The second-order valence-corrected chi connectivity index (χ2v) is 9.77. The molecule has 0 heterocycles. The minimum Gasteiger partial charge on any atom is -0.755 e. The molecule has 2 atom stereocenters. The van der Waals surface area contributed by atoms with Gasteiger partial charge in [0, 0.05) is 6.54 Å². The molecule has 2 unspecified atom stereocenters. The van der Waals surface area contributed by atoms with Gasteiger partial charge < -0.3 is 18.9 Å². The summed E-state index contributed by atoms with van der Waals surface area (Å²) in [6.45, 7) is 1.55. The van der Waals surface area contributed by atoms with Crippen molar-refractivity contribution in [3.05, 3.63) is 83.4 Å². The molecule has 1 aliphatic carbocycles. The molecule has 0 aliphatic heterocycles. The molecule has 0 bridgehead atoms. The van der Waals surface area contributed by atoms with Gasteiger partial charge in [-0.2, -0.15) is 0 Å². The standard InChI is InChI=1S/C27H32N2O4S/c1-28(2)18-21-4-7-23-17-27(13-8-22(23)16-21)33-19-20-5-9-24(10-6-20)29(34(30)31)25-11-14-26(32-3)15-12-25/h5-6,8-15,17,21H,4,7,16,18-19H2,1-3H3,(H,30,31)/p-1. The van der Waals surface area contributed by atoms with Crippen molar-refractivity contribution < 1.29 is 18.2 Å². The molecule has 6 nitrogen and oxygen atoms in total. The number of hydrogen-bond donors (Lipinski definition) is 0. The average Bonchev–Trinajstić information content (AvgIpc) is 2.83. The van der Waals surface area contributed by atoms with Gasteiger partial charge in [0.15, 0.2) is 0 Å². The molecule has 0 radical (unpaired) electrons. The van der Waals surface area contributed by atoms with Crippen molar-refractivity contribution in [1.82, 2.24) is 4.90 Å². The predicted molar refractivity (Wildman–Crippen MR) is 135 cm³/mol. The zero-order valence-corrected chi connectivity index (χ0v) is 20.7. The fourth-order valence-corrected chi connectivity index (χ4v) is 5.09. The summed E-state index contributed by atoms with van der Waals surface area (Å²) in [5.41, 5.74) is 4.89. The molecule has 3 aromatic carbocycles. The summed E-state index contributed by atoms with van der Waals surface area (Å²) < 4.78 is 36.3. The van der Waals surface area contributed by atoms with Crippen LogP contribution in [-0.2, 0) is 30.7 Å². The van der Waals surface area contributed by atoms with E-state index in [0.717, 1.165) is 30.7 Å². The van der Waals surface area contributed by atoms with Gasteiger partial charge in [-0.1, -0.05) is 18.2 Å². The van der Waals surface area contributed by atoms with Gasteiger partial charge in [-0.15, -0.1) is 0 Å². The molecule has 0 amide bonds. The molecule has 180 valence electrons. The molecular formula is C27H31N2O4S-. The van der Waals surface area contributed by atoms with Crippen molar-refractivity contribution in [3.8, 4) is 11.5 Å². The minimum absolute atomic E-state index is 0.422. The van der Waals surface area contributed by atoms with Crippen LogP contribution in [0.3, 0.4) is 0 Å². The normalized spacial score (nSPS) is 16.1. The lowest BCUT2D eigenvalue weighted by atomic mass is 9.83. The lowest BCUT2D eigenvalue weighted by molar-refractivity contribution is 0.297. The van der Waals surface area contributed by atoms with E-state index in [2.05, 4.69) is 37.2 Å². The predicted octanol–water partition coefficient (Wildman–Crippen LogP) is 4.87. The number of rotatable bonds is 9. The smallest absolute Gasteiger partial charge is 0.120 e. The highest BCUT2D eigenvalue weighted by Crippen LogP contribution is 2.31. The summed E-state index contributed by atoms with van der Waals surface area (Å²) in [5.74, 6) is 2.26. The number of aryl methyl sites for hydroxylation is 1. The summed E-state index contributed by atoms with van der Waals surface area (Å²) in [4.78, 5) is 2.27. The third-order valence-corrected chi connectivity index (χ3v) is 6.88. The van der Waals surface area contributed by atoms with Gasteiger partial charge in [0.2, 0.25) is 0 Å².